The van der Waals surface area contributed by atoms with Gasteiger partial charge in [-0.2, -0.15) is 0 Å². The Balaban J connectivity index is 1.53. The summed E-state index contributed by atoms with van der Waals surface area (Å²) in [4.78, 5) is 12.7. The summed E-state index contributed by atoms with van der Waals surface area (Å²) >= 11 is 6.23. The molecule has 3 heterocycles. The Morgan fingerprint density at radius 3 is 2.96 bits per heavy atom. The van der Waals surface area contributed by atoms with Crippen molar-refractivity contribution < 1.29 is 14.3 Å². The van der Waals surface area contributed by atoms with Crippen LogP contribution in [0.1, 0.15) is 54.2 Å². The summed E-state index contributed by atoms with van der Waals surface area (Å²) in [5, 5.41) is 12.0. The van der Waals surface area contributed by atoms with E-state index in [1.807, 2.05) is 6.92 Å². The minimum Gasteiger partial charge on any atom is -0.486 e. The van der Waals surface area contributed by atoms with E-state index in [2.05, 4.69) is 20.1 Å². The second kappa shape index (κ2) is 7.15. The zero-order valence-electron chi connectivity index (χ0n) is 14.6. The molecule has 1 unspecified atom stereocenters. The summed E-state index contributed by atoms with van der Waals surface area (Å²) in [5.41, 5.74) is 0.432. The molecule has 0 bridgehead atoms. The summed E-state index contributed by atoms with van der Waals surface area (Å²) in [7, 11) is 0. The summed E-state index contributed by atoms with van der Waals surface area (Å²) in [5.74, 6) is 2.55. The molecule has 2 aromatic rings. The number of ether oxygens (including phenoxy) is 2. The molecule has 0 aliphatic carbocycles. The zero-order valence-corrected chi connectivity index (χ0v) is 15.4. The van der Waals surface area contributed by atoms with Gasteiger partial charge in [0.1, 0.15) is 19.0 Å². The van der Waals surface area contributed by atoms with Crippen LogP contribution in [0.4, 0.5) is 0 Å². The predicted octanol–water partition coefficient (Wildman–Crippen LogP) is 2.92. The third kappa shape index (κ3) is 3.23. The molecule has 0 spiro atoms. The van der Waals surface area contributed by atoms with E-state index in [0.717, 1.165) is 37.5 Å². The number of rotatable bonds is 3. The Morgan fingerprint density at radius 2 is 2.08 bits per heavy atom. The Hall–Kier alpha value is -2.28. The Bertz CT molecular complexity index is 836. The number of hydrogen-bond donors (Lipinski definition) is 1. The fraction of sp³-hybridized carbons (Fsp3) is 0.500. The lowest BCUT2D eigenvalue weighted by Gasteiger charge is -2.20. The number of halogens is 1. The molecule has 2 aliphatic rings. The average Bonchev–Trinajstić information content (AvgIpc) is 2.90. The van der Waals surface area contributed by atoms with Crippen LogP contribution in [-0.2, 0) is 13.0 Å². The SMILES string of the molecule is CC(NC(=O)c1cc(Cl)c2c(c1)OCCO2)c1nnc2n1CCCCC2. The molecule has 2 aliphatic heterocycles. The van der Waals surface area contributed by atoms with Gasteiger partial charge in [-0.3, -0.25) is 4.79 Å². The minimum absolute atomic E-state index is 0.234. The van der Waals surface area contributed by atoms with Crippen LogP contribution < -0.4 is 14.8 Å². The molecule has 138 valence electrons. The molecule has 4 rings (SSSR count). The maximum Gasteiger partial charge on any atom is 0.252 e. The van der Waals surface area contributed by atoms with Crippen molar-refractivity contribution >= 4 is 17.5 Å². The smallest absolute Gasteiger partial charge is 0.252 e. The van der Waals surface area contributed by atoms with Gasteiger partial charge in [0, 0.05) is 18.5 Å². The largest absolute Gasteiger partial charge is 0.486 e. The van der Waals surface area contributed by atoms with Crippen LogP contribution in [0, 0.1) is 0 Å². The molecule has 1 aromatic heterocycles. The molecule has 0 fully saturated rings. The van der Waals surface area contributed by atoms with E-state index in [-0.39, 0.29) is 11.9 Å². The van der Waals surface area contributed by atoms with Crippen molar-refractivity contribution in [3.8, 4) is 11.5 Å². The number of carbonyl (C=O) groups excluding carboxylic acids is 1. The van der Waals surface area contributed by atoms with Gasteiger partial charge in [0.25, 0.3) is 5.91 Å². The number of fused-ring (bicyclic) bond motifs is 2. The third-order valence-corrected chi connectivity index (χ3v) is 5.01. The van der Waals surface area contributed by atoms with Gasteiger partial charge in [0.2, 0.25) is 0 Å². The molecule has 26 heavy (non-hydrogen) atoms. The Labute approximate surface area is 156 Å². The fourth-order valence-corrected chi connectivity index (χ4v) is 3.68. The van der Waals surface area contributed by atoms with Crippen molar-refractivity contribution in [3.63, 3.8) is 0 Å². The third-order valence-electron chi connectivity index (χ3n) is 4.73. The van der Waals surface area contributed by atoms with Crippen molar-refractivity contribution in [1.29, 1.82) is 0 Å². The highest BCUT2D eigenvalue weighted by molar-refractivity contribution is 6.32. The van der Waals surface area contributed by atoms with E-state index in [4.69, 9.17) is 21.1 Å². The lowest BCUT2D eigenvalue weighted by atomic mass is 10.1. The van der Waals surface area contributed by atoms with Crippen molar-refractivity contribution in [3.05, 3.63) is 34.4 Å². The monoisotopic (exact) mass is 376 g/mol. The molecular weight excluding hydrogens is 356 g/mol. The Kier molecular flexibility index (Phi) is 4.72. The summed E-state index contributed by atoms with van der Waals surface area (Å²) < 4.78 is 13.2. The second-order valence-electron chi connectivity index (χ2n) is 6.61. The normalized spacial score (nSPS) is 17.2. The lowest BCUT2D eigenvalue weighted by Crippen LogP contribution is -2.29. The standard InChI is InChI=1S/C18H21ClN4O3/c1-11(17-22-21-15-5-3-2-4-6-23(15)17)20-18(24)12-9-13(19)16-14(10-12)25-7-8-26-16/h9-11H,2-8H2,1H3,(H,20,24). The molecular formula is C18H21ClN4O3. The fourth-order valence-electron chi connectivity index (χ4n) is 3.41. The van der Waals surface area contributed by atoms with Crippen LogP contribution in [0.25, 0.3) is 0 Å². The molecule has 7 nitrogen and oxygen atoms in total. The van der Waals surface area contributed by atoms with E-state index in [1.165, 1.54) is 6.42 Å². The highest BCUT2D eigenvalue weighted by Gasteiger charge is 2.23. The summed E-state index contributed by atoms with van der Waals surface area (Å²) in [6.07, 6.45) is 4.37. The van der Waals surface area contributed by atoms with Crippen LogP contribution >= 0.6 is 11.6 Å². The number of carbonyl (C=O) groups is 1. The highest BCUT2D eigenvalue weighted by atomic mass is 35.5. The molecule has 0 saturated heterocycles. The quantitative estimate of drug-likeness (QED) is 0.891. The average molecular weight is 377 g/mol. The van der Waals surface area contributed by atoms with Crippen molar-refractivity contribution in [2.75, 3.05) is 13.2 Å². The maximum atomic E-state index is 12.7. The number of hydrogen-bond acceptors (Lipinski definition) is 5. The van der Waals surface area contributed by atoms with Crippen LogP contribution in [0.15, 0.2) is 12.1 Å². The highest BCUT2D eigenvalue weighted by Crippen LogP contribution is 2.38. The van der Waals surface area contributed by atoms with Gasteiger partial charge in [0.15, 0.2) is 17.3 Å². The van der Waals surface area contributed by atoms with Gasteiger partial charge in [-0.05, 0) is 31.9 Å². The molecule has 0 radical (unpaired) electrons. The summed E-state index contributed by atoms with van der Waals surface area (Å²) in [6.45, 7) is 3.71. The first-order valence-corrected chi connectivity index (χ1v) is 9.33. The van der Waals surface area contributed by atoms with Crippen LogP contribution in [0.5, 0.6) is 11.5 Å². The first-order chi connectivity index (χ1) is 12.6. The van der Waals surface area contributed by atoms with Gasteiger partial charge in [-0.25, -0.2) is 0 Å². The molecule has 1 N–H and O–H groups in total. The van der Waals surface area contributed by atoms with Crippen LogP contribution in [0.2, 0.25) is 5.02 Å². The lowest BCUT2D eigenvalue weighted by molar-refractivity contribution is 0.0936. The van der Waals surface area contributed by atoms with Gasteiger partial charge in [-0.15, -0.1) is 10.2 Å². The second-order valence-corrected chi connectivity index (χ2v) is 7.02. The van der Waals surface area contributed by atoms with E-state index in [0.29, 0.717) is 35.3 Å². The van der Waals surface area contributed by atoms with E-state index >= 15 is 0 Å². The number of amides is 1. The van der Waals surface area contributed by atoms with Gasteiger partial charge in [-0.1, -0.05) is 18.0 Å². The summed E-state index contributed by atoms with van der Waals surface area (Å²) in [6, 6.07) is 3.00. The van der Waals surface area contributed by atoms with Crippen LogP contribution in [-0.4, -0.2) is 33.9 Å². The van der Waals surface area contributed by atoms with E-state index in [1.54, 1.807) is 12.1 Å². The topological polar surface area (TPSA) is 78.3 Å². The molecule has 1 aromatic carbocycles. The minimum atomic E-state index is -0.256. The number of aromatic nitrogens is 3. The van der Waals surface area contributed by atoms with Gasteiger partial charge >= 0.3 is 0 Å². The van der Waals surface area contributed by atoms with E-state index in [9.17, 15) is 4.79 Å². The van der Waals surface area contributed by atoms with E-state index < -0.39 is 0 Å². The zero-order chi connectivity index (χ0) is 18.1. The van der Waals surface area contributed by atoms with Crippen molar-refractivity contribution in [1.82, 2.24) is 20.1 Å². The maximum absolute atomic E-state index is 12.7. The number of aryl methyl sites for hydroxylation is 1. The molecule has 1 amide bonds. The van der Waals surface area contributed by atoms with Crippen molar-refractivity contribution in [2.24, 2.45) is 0 Å². The van der Waals surface area contributed by atoms with Crippen molar-refractivity contribution in [2.45, 2.75) is 45.2 Å². The number of nitrogens with one attached hydrogen (secondary N) is 1. The molecule has 1 atom stereocenters. The van der Waals surface area contributed by atoms with Gasteiger partial charge in [0.05, 0.1) is 11.1 Å². The number of benzene rings is 1. The predicted molar refractivity (Wildman–Crippen MR) is 95.9 cm³/mol. The first kappa shape index (κ1) is 17.1. The van der Waals surface area contributed by atoms with Gasteiger partial charge < -0.3 is 19.4 Å². The van der Waals surface area contributed by atoms with Crippen LogP contribution in [0.3, 0.4) is 0 Å². The Morgan fingerprint density at radius 1 is 1.23 bits per heavy atom. The molecule has 8 heteroatoms. The number of nitrogens with zero attached hydrogens (tertiary/aromatic N) is 3. The molecule has 0 saturated carbocycles. The first-order valence-electron chi connectivity index (χ1n) is 8.95.